The van der Waals surface area contributed by atoms with Gasteiger partial charge < -0.3 is 10.6 Å². The number of carbonyl (C=O) groups excluding carboxylic acids is 1. The average Bonchev–Trinajstić information content (AvgIpc) is 2.96. The van der Waals surface area contributed by atoms with E-state index in [1.165, 1.54) is 6.42 Å². The van der Waals surface area contributed by atoms with Crippen LogP contribution in [0.4, 0.5) is 0 Å². The van der Waals surface area contributed by atoms with Crippen LogP contribution in [0.3, 0.4) is 0 Å². The molecule has 2 aliphatic heterocycles. The van der Waals surface area contributed by atoms with Crippen LogP contribution in [0.1, 0.15) is 12.8 Å². The molecule has 2 heterocycles. The maximum absolute atomic E-state index is 12.2. The lowest BCUT2D eigenvalue weighted by molar-refractivity contribution is -0.128. The van der Waals surface area contributed by atoms with Crippen LogP contribution in [-0.2, 0) is 4.79 Å². The summed E-state index contributed by atoms with van der Waals surface area (Å²) >= 11 is 3.61. The molecule has 3 aliphatic rings. The minimum atomic E-state index is 0. The fourth-order valence-corrected chi connectivity index (χ4v) is 5.88. The topological polar surface area (TPSA) is 46.3 Å². The van der Waals surface area contributed by atoms with Gasteiger partial charge in [0.15, 0.2) is 0 Å². The van der Waals surface area contributed by atoms with Crippen molar-refractivity contribution in [3.05, 3.63) is 0 Å². The Hall–Kier alpha value is 0.420. The molecule has 98 valence electrons. The van der Waals surface area contributed by atoms with Gasteiger partial charge in [0, 0.05) is 30.6 Å². The zero-order valence-electron chi connectivity index (χ0n) is 9.71. The molecule has 3 nitrogen and oxygen atoms in total. The minimum absolute atomic E-state index is 0. The predicted molar refractivity (Wildman–Crippen MR) is 76.7 cm³/mol. The molecule has 3 atom stereocenters. The van der Waals surface area contributed by atoms with Gasteiger partial charge >= 0.3 is 0 Å². The van der Waals surface area contributed by atoms with Crippen LogP contribution >= 0.6 is 35.9 Å². The number of amides is 1. The molecular formula is C11H19ClN2OS2. The van der Waals surface area contributed by atoms with Crippen molar-refractivity contribution in [3.63, 3.8) is 0 Å². The monoisotopic (exact) mass is 294 g/mol. The number of carbonyl (C=O) groups is 1. The van der Waals surface area contributed by atoms with Gasteiger partial charge in [-0.15, -0.1) is 35.9 Å². The van der Waals surface area contributed by atoms with E-state index >= 15 is 0 Å². The highest BCUT2D eigenvalue weighted by Gasteiger charge is 2.44. The fourth-order valence-electron chi connectivity index (χ4n) is 3.14. The third-order valence-corrected chi connectivity index (χ3v) is 7.01. The van der Waals surface area contributed by atoms with E-state index in [0.717, 1.165) is 31.0 Å². The number of rotatable bonds is 1. The Kier molecular flexibility index (Phi) is 4.55. The zero-order chi connectivity index (χ0) is 11.1. The molecule has 6 heteroatoms. The number of hydrogen-bond donors (Lipinski definition) is 1. The van der Waals surface area contributed by atoms with Gasteiger partial charge in [-0.25, -0.2) is 0 Å². The average molecular weight is 295 g/mol. The lowest BCUT2D eigenvalue weighted by Crippen LogP contribution is -2.36. The van der Waals surface area contributed by atoms with Gasteiger partial charge in [-0.1, -0.05) is 0 Å². The Morgan fingerprint density at radius 2 is 1.88 bits per heavy atom. The minimum Gasteiger partial charge on any atom is -0.340 e. The lowest BCUT2D eigenvalue weighted by Gasteiger charge is -2.21. The van der Waals surface area contributed by atoms with Crippen LogP contribution in [0.2, 0.25) is 0 Å². The maximum Gasteiger partial charge on any atom is 0.245 e. The number of likely N-dealkylation sites (tertiary alicyclic amines) is 1. The summed E-state index contributed by atoms with van der Waals surface area (Å²) in [6.07, 6.45) is 2.38. The van der Waals surface area contributed by atoms with Crippen molar-refractivity contribution >= 4 is 41.8 Å². The Balaban J connectivity index is 0.00000108. The summed E-state index contributed by atoms with van der Waals surface area (Å²) in [5.41, 5.74) is 6.09. The molecule has 0 radical (unpaired) electrons. The van der Waals surface area contributed by atoms with Gasteiger partial charge in [0.05, 0.1) is 0 Å². The lowest BCUT2D eigenvalue weighted by atomic mass is 9.98. The summed E-state index contributed by atoms with van der Waals surface area (Å²) < 4.78 is 0.176. The number of fused-ring (bicyclic) bond motifs is 1. The van der Waals surface area contributed by atoms with Crippen LogP contribution < -0.4 is 5.73 Å². The highest BCUT2D eigenvalue weighted by molar-refractivity contribution is 8.21. The first-order valence-electron chi connectivity index (χ1n) is 6.03. The molecule has 3 fully saturated rings. The highest BCUT2D eigenvalue weighted by atomic mass is 35.5. The molecule has 0 aromatic carbocycles. The van der Waals surface area contributed by atoms with E-state index in [-0.39, 0.29) is 17.0 Å². The molecule has 0 aromatic heterocycles. The highest BCUT2D eigenvalue weighted by Crippen LogP contribution is 2.40. The molecule has 17 heavy (non-hydrogen) atoms. The number of nitrogens with zero attached hydrogens (tertiary/aromatic N) is 1. The van der Waals surface area contributed by atoms with Crippen LogP contribution in [0.25, 0.3) is 0 Å². The summed E-state index contributed by atoms with van der Waals surface area (Å²) in [5.74, 6) is 3.88. The zero-order valence-corrected chi connectivity index (χ0v) is 12.2. The van der Waals surface area contributed by atoms with Gasteiger partial charge in [0.1, 0.15) is 4.58 Å². The van der Waals surface area contributed by atoms with Crippen molar-refractivity contribution in [2.45, 2.75) is 23.5 Å². The van der Waals surface area contributed by atoms with Crippen molar-refractivity contribution in [1.29, 1.82) is 0 Å². The second kappa shape index (κ2) is 5.59. The third-order valence-electron chi connectivity index (χ3n) is 4.05. The molecule has 1 saturated carbocycles. The van der Waals surface area contributed by atoms with Gasteiger partial charge in [-0.2, -0.15) is 0 Å². The Bertz CT molecular complexity index is 299. The fraction of sp³-hybridized carbons (Fsp3) is 0.909. The standard InChI is InChI=1S/C11H18N2OS2.ClH/c12-9-2-1-7-5-13(6-8(7)9)10(14)11-15-3-4-16-11;/h7-9,11H,1-6,12H2;1H. The number of nitrogens with two attached hydrogens (primary N) is 1. The molecule has 0 bridgehead atoms. The van der Waals surface area contributed by atoms with Crippen molar-refractivity contribution in [3.8, 4) is 0 Å². The number of thioether (sulfide) groups is 2. The molecule has 1 aliphatic carbocycles. The van der Waals surface area contributed by atoms with Gasteiger partial charge in [0.25, 0.3) is 0 Å². The number of halogens is 1. The molecular weight excluding hydrogens is 276 g/mol. The van der Waals surface area contributed by atoms with E-state index in [1.807, 2.05) is 0 Å². The first kappa shape index (κ1) is 13.8. The molecule has 1 amide bonds. The molecule has 2 saturated heterocycles. The molecule has 3 unspecified atom stereocenters. The van der Waals surface area contributed by atoms with E-state index in [0.29, 0.717) is 23.8 Å². The summed E-state index contributed by atoms with van der Waals surface area (Å²) in [6.45, 7) is 1.89. The number of hydrogen-bond acceptors (Lipinski definition) is 4. The third kappa shape index (κ3) is 2.57. The first-order valence-corrected chi connectivity index (χ1v) is 8.13. The second-order valence-electron chi connectivity index (χ2n) is 4.98. The smallest absolute Gasteiger partial charge is 0.245 e. The molecule has 2 N–H and O–H groups in total. The van der Waals surface area contributed by atoms with E-state index in [1.54, 1.807) is 23.5 Å². The van der Waals surface area contributed by atoms with Gasteiger partial charge in [-0.05, 0) is 24.7 Å². The van der Waals surface area contributed by atoms with E-state index in [9.17, 15) is 4.79 Å². The predicted octanol–water partition coefficient (Wildman–Crippen LogP) is 1.41. The first-order chi connectivity index (χ1) is 7.75. The Morgan fingerprint density at radius 1 is 1.18 bits per heavy atom. The van der Waals surface area contributed by atoms with Gasteiger partial charge in [-0.3, -0.25) is 4.79 Å². The summed E-state index contributed by atoms with van der Waals surface area (Å²) in [6, 6.07) is 0.340. The van der Waals surface area contributed by atoms with Gasteiger partial charge in [0.2, 0.25) is 5.91 Å². The second-order valence-corrected chi connectivity index (χ2v) is 7.71. The van der Waals surface area contributed by atoms with Crippen molar-refractivity contribution < 1.29 is 4.79 Å². The Morgan fingerprint density at radius 3 is 2.53 bits per heavy atom. The SMILES string of the molecule is Cl.NC1CCC2CN(C(=O)C3SCCS3)CC12. The van der Waals surface area contributed by atoms with Crippen LogP contribution in [0.5, 0.6) is 0 Å². The molecule has 0 aromatic rings. The van der Waals surface area contributed by atoms with Crippen LogP contribution in [0.15, 0.2) is 0 Å². The van der Waals surface area contributed by atoms with Crippen molar-refractivity contribution in [2.24, 2.45) is 17.6 Å². The molecule has 0 spiro atoms. The summed E-state index contributed by atoms with van der Waals surface area (Å²) in [5, 5.41) is 0. The van der Waals surface area contributed by atoms with Crippen LogP contribution in [-0.4, -0.2) is 46.0 Å². The normalized spacial score (nSPS) is 37.0. The molecule has 3 rings (SSSR count). The maximum atomic E-state index is 12.2. The summed E-state index contributed by atoms with van der Waals surface area (Å²) in [7, 11) is 0. The van der Waals surface area contributed by atoms with E-state index in [4.69, 9.17) is 5.73 Å². The van der Waals surface area contributed by atoms with E-state index < -0.39 is 0 Å². The Labute approximate surface area is 117 Å². The van der Waals surface area contributed by atoms with Crippen molar-refractivity contribution in [1.82, 2.24) is 4.90 Å². The quantitative estimate of drug-likeness (QED) is 0.794. The van der Waals surface area contributed by atoms with E-state index in [2.05, 4.69) is 4.90 Å². The largest absolute Gasteiger partial charge is 0.340 e. The van der Waals surface area contributed by atoms with Crippen molar-refractivity contribution in [2.75, 3.05) is 24.6 Å². The van der Waals surface area contributed by atoms with Crippen LogP contribution in [0, 0.1) is 11.8 Å². The summed E-state index contributed by atoms with van der Waals surface area (Å²) in [4.78, 5) is 14.3.